The largest absolute Gasteiger partial charge is 0.497 e. The van der Waals surface area contributed by atoms with Crippen LogP contribution in [-0.4, -0.2) is 48.9 Å². The molecule has 4 rings (SSSR count). The zero-order valence-corrected chi connectivity index (χ0v) is 25.5. The van der Waals surface area contributed by atoms with Crippen LogP contribution in [0.3, 0.4) is 0 Å². The second kappa shape index (κ2) is 23.3. The van der Waals surface area contributed by atoms with Crippen molar-refractivity contribution in [2.24, 2.45) is 0 Å². The first kappa shape index (κ1) is 37.6. The average molecular weight is 601 g/mol. The monoisotopic (exact) mass is 600 g/mol. The molecule has 0 spiro atoms. The molecule has 0 aromatic heterocycles. The number of aliphatic hydroxyl groups is 4. The number of rotatable bonds is 8. The molecule has 9 heteroatoms. The Hall–Kier alpha value is -3.37. The summed E-state index contributed by atoms with van der Waals surface area (Å²) in [5, 5.41) is 34.6. The van der Waals surface area contributed by atoms with E-state index in [2.05, 4.69) is 0 Å². The van der Waals surface area contributed by atoms with E-state index in [0.29, 0.717) is 0 Å². The number of methoxy groups -OCH3 is 4. The molecule has 0 aliphatic heterocycles. The molecule has 4 N–H and O–H groups in total. The van der Waals surface area contributed by atoms with Crippen molar-refractivity contribution in [3.05, 3.63) is 119 Å². The summed E-state index contributed by atoms with van der Waals surface area (Å²) < 4.78 is 19.7. The molecule has 0 radical (unpaired) electrons. The van der Waals surface area contributed by atoms with Gasteiger partial charge in [-0.25, -0.2) is 0 Å². The molecule has 8 nitrogen and oxygen atoms in total. The molecule has 0 aliphatic rings. The van der Waals surface area contributed by atoms with Crippen LogP contribution in [-0.2, 0) is 48.1 Å². The topological polar surface area (TPSA) is 118 Å². The minimum atomic E-state index is 0. The number of hydrogen-bond donors (Lipinski definition) is 4. The minimum Gasteiger partial charge on any atom is -0.497 e. The summed E-state index contributed by atoms with van der Waals surface area (Å²) in [6.45, 7) is 0.349. The van der Waals surface area contributed by atoms with Gasteiger partial charge in [0.15, 0.2) is 0 Å². The van der Waals surface area contributed by atoms with E-state index < -0.39 is 0 Å². The van der Waals surface area contributed by atoms with Gasteiger partial charge < -0.3 is 39.4 Å². The number of benzene rings is 4. The van der Waals surface area contributed by atoms with Gasteiger partial charge in [0.2, 0.25) is 0 Å². The molecule has 0 bridgehead atoms. The molecule has 220 valence electrons. The summed E-state index contributed by atoms with van der Waals surface area (Å²) in [5.41, 5.74) is 3.61. The van der Waals surface area contributed by atoms with Crippen molar-refractivity contribution in [2.45, 2.75) is 26.4 Å². The van der Waals surface area contributed by atoms with Crippen LogP contribution in [0.5, 0.6) is 23.0 Å². The van der Waals surface area contributed by atoms with Crippen molar-refractivity contribution in [3.63, 3.8) is 0 Å². The Morgan fingerprint density at radius 2 is 0.488 bits per heavy atom. The molecule has 0 amide bonds. The third-order valence-electron chi connectivity index (χ3n) is 5.37. The van der Waals surface area contributed by atoms with Gasteiger partial charge in [0.25, 0.3) is 0 Å². The first-order valence-corrected chi connectivity index (χ1v) is 12.4. The SMILES string of the molecule is COc1ccc(CO)cc1.COc1ccc(CO)cc1.COc1ccc(CO)cc1.COc1ccc(CO)cc1.[Ti]. The molecular weight excluding hydrogens is 560 g/mol. The number of aliphatic hydroxyl groups excluding tert-OH is 4. The summed E-state index contributed by atoms with van der Waals surface area (Å²) in [6.07, 6.45) is 0. The van der Waals surface area contributed by atoms with Gasteiger partial charge in [-0.1, -0.05) is 48.5 Å². The molecule has 4 aromatic carbocycles. The van der Waals surface area contributed by atoms with Gasteiger partial charge in [-0.3, -0.25) is 0 Å². The zero-order valence-electron chi connectivity index (χ0n) is 24.0. The van der Waals surface area contributed by atoms with Crippen LogP contribution in [0.25, 0.3) is 0 Å². The molecule has 0 fully saturated rings. The molecule has 0 saturated carbocycles. The van der Waals surface area contributed by atoms with E-state index in [1.807, 2.05) is 97.1 Å². The first-order chi connectivity index (χ1) is 19.5. The van der Waals surface area contributed by atoms with Gasteiger partial charge in [0.1, 0.15) is 23.0 Å². The number of ether oxygens (including phenoxy) is 4. The van der Waals surface area contributed by atoms with Crippen LogP contribution in [0.2, 0.25) is 0 Å². The molecule has 0 aliphatic carbocycles. The predicted octanol–water partition coefficient (Wildman–Crippen LogP) is 4.75. The van der Waals surface area contributed by atoms with Gasteiger partial charge in [-0.2, -0.15) is 0 Å². The van der Waals surface area contributed by atoms with Crippen molar-refractivity contribution >= 4 is 0 Å². The molecule has 0 unspecified atom stereocenters. The van der Waals surface area contributed by atoms with Crippen LogP contribution in [0.15, 0.2) is 97.1 Å². The fraction of sp³-hybridized carbons (Fsp3) is 0.250. The summed E-state index contributed by atoms with van der Waals surface area (Å²) in [7, 11) is 6.48. The van der Waals surface area contributed by atoms with Crippen molar-refractivity contribution in [3.8, 4) is 23.0 Å². The van der Waals surface area contributed by atoms with Gasteiger partial charge >= 0.3 is 0 Å². The van der Waals surface area contributed by atoms with E-state index in [0.717, 1.165) is 45.3 Å². The normalized spacial score (nSPS) is 9.17. The maximum Gasteiger partial charge on any atom is 0.118 e. The molecule has 0 saturated heterocycles. The van der Waals surface area contributed by atoms with E-state index >= 15 is 0 Å². The Morgan fingerprint density at radius 3 is 0.585 bits per heavy atom. The fourth-order valence-corrected chi connectivity index (χ4v) is 2.92. The van der Waals surface area contributed by atoms with Gasteiger partial charge in [-0.05, 0) is 70.8 Å². The summed E-state index contributed by atoms with van der Waals surface area (Å²) in [5.74, 6) is 3.27. The van der Waals surface area contributed by atoms with Crippen LogP contribution in [0, 0.1) is 0 Å². The van der Waals surface area contributed by atoms with E-state index in [4.69, 9.17) is 39.4 Å². The summed E-state index contributed by atoms with van der Waals surface area (Å²) in [6, 6.07) is 29.3. The van der Waals surface area contributed by atoms with Crippen LogP contribution < -0.4 is 18.9 Å². The van der Waals surface area contributed by atoms with E-state index in [-0.39, 0.29) is 48.1 Å². The Labute approximate surface area is 257 Å². The fourth-order valence-electron chi connectivity index (χ4n) is 2.92. The van der Waals surface area contributed by atoms with Gasteiger partial charge in [0, 0.05) is 21.7 Å². The second-order valence-electron chi connectivity index (χ2n) is 8.02. The Bertz CT molecular complexity index is 868. The van der Waals surface area contributed by atoms with Crippen LogP contribution in [0.4, 0.5) is 0 Å². The Morgan fingerprint density at radius 1 is 0.341 bits per heavy atom. The third-order valence-corrected chi connectivity index (χ3v) is 5.37. The van der Waals surface area contributed by atoms with Gasteiger partial charge in [0.05, 0.1) is 54.9 Å². The molecule has 4 aromatic rings. The summed E-state index contributed by atoms with van der Waals surface area (Å²) in [4.78, 5) is 0. The van der Waals surface area contributed by atoms with E-state index in [9.17, 15) is 0 Å². The van der Waals surface area contributed by atoms with Crippen molar-refractivity contribution in [1.82, 2.24) is 0 Å². The van der Waals surface area contributed by atoms with Crippen molar-refractivity contribution < 1.29 is 61.1 Å². The number of hydrogen-bond acceptors (Lipinski definition) is 8. The van der Waals surface area contributed by atoms with Crippen LogP contribution in [0.1, 0.15) is 22.3 Å². The average Bonchev–Trinajstić information content (AvgIpc) is 3.05. The standard InChI is InChI=1S/4C8H10O2.Ti/c4*1-10-8-4-2-7(6-9)3-5-8;/h4*2-5,9H,6H2,1H3;. The predicted molar refractivity (Wildman–Crippen MR) is 156 cm³/mol. The Kier molecular flexibility index (Phi) is 21.4. The molecule has 41 heavy (non-hydrogen) atoms. The zero-order chi connectivity index (χ0) is 29.6. The molecule has 0 heterocycles. The third kappa shape index (κ3) is 15.9. The van der Waals surface area contributed by atoms with Crippen LogP contribution >= 0.6 is 0 Å². The summed E-state index contributed by atoms with van der Waals surface area (Å²) >= 11 is 0. The van der Waals surface area contributed by atoms with E-state index in [1.54, 1.807) is 28.4 Å². The molecule has 0 atom stereocenters. The van der Waals surface area contributed by atoms with E-state index in [1.165, 1.54) is 0 Å². The van der Waals surface area contributed by atoms with Gasteiger partial charge in [-0.15, -0.1) is 0 Å². The quantitative estimate of drug-likeness (QED) is 0.214. The maximum absolute atomic E-state index is 8.66. The second-order valence-corrected chi connectivity index (χ2v) is 8.02. The smallest absolute Gasteiger partial charge is 0.118 e. The first-order valence-electron chi connectivity index (χ1n) is 12.4. The Balaban J connectivity index is 0.000000516. The van der Waals surface area contributed by atoms with Crippen molar-refractivity contribution in [1.29, 1.82) is 0 Å². The van der Waals surface area contributed by atoms with Crippen molar-refractivity contribution in [2.75, 3.05) is 28.4 Å². The minimum absolute atomic E-state index is 0. The maximum atomic E-state index is 8.66. The molecular formula is C32H40O8Ti.